The van der Waals surface area contributed by atoms with E-state index in [2.05, 4.69) is 0 Å². The van der Waals surface area contributed by atoms with Crippen LogP contribution in [0.5, 0.6) is 17.2 Å². The summed E-state index contributed by atoms with van der Waals surface area (Å²) in [4.78, 5) is 46.5. The van der Waals surface area contributed by atoms with Crippen LogP contribution in [-0.4, -0.2) is 43.7 Å². The van der Waals surface area contributed by atoms with E-state index in [0.717, 1.165) is 4.90 Å². The number of nitrogens with zero attached hydrogens (tertiary/aromatic N) is 3. The number of methoxy groups -OCH3 is 2. The summed E-state index contributed by atoms with van der Waals surface area (Å²) in [6, 6.07) is 17.2. The monoisotopic (exact) mass is 519 g/mol. The van der Waals surface area contributed by atoms with Gasteiger partial charge in [-0.1, -0.05) is 30.3 Å². The van der Waals surface area contributed by atoms with Gasteiger partial charge >= 0.3 is 0 Å². The van der Waals surface area contributed by atoms with Crippen LogP contribution in [0.1, 0.15) is 18.5 Å². The maximum absolute atomic E-state index is 14.0. The summed E-state index contributed by atoms with van der Waals surface area (Å²) in [5.74, 6) is -1.47. The molecule has 2 fully saturated rings. The van der Waals surface area contributed by atoms with Gasteiger partial charge in [-0.15, -0.1) is 0 Å². The van der Waals surface area contributed by atoms with E-state index in [1.165, 1.54) is 31.4 Å². The number of hydrogen-bond donors (Lipinski definition) is 0. The number of rotatable bonds is 8. The van der Waals surface area contributed by atoms with Crippen LogP contribution in [-0.2, 0) is 14.4 Å². The Labute approximate surface area is 218 Å². The molecule has 196 valence electrons. The van der Waals surface area contributed by atoms with Gasteiger partial charge in [0.15, 0.2) is 17.6 Å². The topological polar surface area (TPSA) is 121 Å². The summed E-state index contributed by atoms with van der Waals surface area (Å²) in [5.41, 5.74) is 0.656. The van der Waals surface area contributed by atoms with Gasteiger partial charge in [0, 0.05) is 0 Å². The Morgan fingerprint density at radius 3 is 2.24 bits per heavy atom. The zero-order valence-corrected chi connectivity index (χ0v) is 20.9. The molecule has 0 N–H and O–H groups in total. The number of imide groups is 1. The predicted molar refractivity (Wildman–Crippen MR) is 136 cm³/mol. The number of hydroxylamine groups is 1. The fourth-order valence-corrected chi connectivity index (χ4v) is 4.97. The van der Waals surface area contributed by atoms with Crippen LogP contribution in [0.3, 0.4) is 0 Å². The van der Waals surface area contributed by atoms with Crippen LogP contribution < -0.4 is 24.2 Å². The molecule has 2 aliphatic heterocycles. The van der Waals surface area contributed by atoms with Crippen LogP contribution in [0.15, 0.2) is 66.7 Å². The minimum atomic E-state index is -1.21. The summed E-state index contributed by atoms with van der Waals surface area (Å²) < 4.78 is 16.4. The lowest BCUT2D eigenvalue weighted by molar-refractivity contribution is -0.385. The molecule has 0 radical (unpaired) electrons. The molecule has 2 amide bonds. The van der Waals surface area contributed by atoms with E-state index in [-0.39, 0.29) is 28.4 Å². The van der Waals surface area contributed by atoms with E-state index in [9.17, 15) is 19.7 Å². The van der Waals surface area contributed by atoms with Gasteiger partial charge in [-0.3, -0.25) is 24.5 Å². The van der Waals surface area contributed by atoms with Crippen LogP contribution in [0.4, 0.5) is 17.1 Å². The van der Waals surface area contributed by atoms with Gasteiger partial charge in [0.2, 0.25) is 5.91 Å². The van der Waals surface area contributed by atoms with Gasteiger partial charge in [0.05, 0.1) is 48.8 Å². The minimum absolute atomic E-state index is 0.144. The van der Waals surface area contributed by atoms with Crippen molar-refractivity contribution in [3.63, 3.8) is 0 Å². The number of hydrogen-bond acceptors (Lipinski definition) is 9. The van der Waals surface area contributed by atoms with Crippen molar-refractivity contribution in [1.82, 2.24) is 0 Å². The number of amides is 2. The second-order valence-electron chi connectivity index (χ2n) is 8.59. The number of nitro benzene ring substituents is 1. The third-order valence-corrected chi connectivity index (χ3v) is 6.58. The normalized spacial score (nSPS) is 20.4. The summed E-state index contributed by atoms with van der Waals surface area (Å²) >= 11 is 0. The molecular weight excluding hydrogens is 494 g/mol. The zero-order chi connectivity index (χ0) is 27.0. The summed E-state index contributed by atoms with van der Waals surface area (Å²) in [5, 5.41) is 13.6. The van der Waals surface area contributed by atoms with Crippen LogP contribution in [0, 0.1) is 16.0 Å². The molecule has 0 unspecified atom stereocenters. The highest BCUT2D eigenvalue weighted by Crippen LogP contribution is 2.51. The highest BCUT2D eigenvalue weighted by molar-refractivity contribution is 6.24. The number of ether oxygens (including phenoxy) is 3. The standard InChI is InChI=1S/C27H25N3O8/c1-4-37-20-13-9-8-12-18(20)28-26(31)23-24(17-14-21(35-2)22(36-3)15-19(17)30(33)34)29(38-25(23)27(28)32)16-10-6-5-7-11-16/h5-15,23-25H,4H2,1-3H3/t23-,24+,25+/m1/s1. The molecule has 0 aromatic heterocycles. The van der Waals surface area contributed by atoms with Crippen molar-refractivity contribution in [3.05, 3.63) is 82.4 Å². The first-order valence-electron chi connectivity index (χ1n) is 11.9. The van der Waals surface area contributed by atoms with Crippen molar-refractivity contribution >= 4 is 28.9 Å². The molecular formula is C27H25N3O8. The van der Waals surface area contributed by atoms with E-state index >= 15 is 0 Å². The van der Waals surface area contributed by atoms with Crippen LogP contribution in [0.25, 0.3) is 0 Å². The lowest BCUT2D eigenvalue weighted by atomic mass is 9.89. The Morgan fingerprint density at radius 1 is 0.921 bits per heavy atom. The first-order chi connectivity index (χ1) is 18.4. The molecule has 2 heterocycles. The van der Waals surface area contributed by atoms with Crippen LogP contribution in [0.2, 0.25) is 0 Å². The van der Waals surface area contributed by atoms with Crippen molar-refractivity contribution in [2.45, 2.75) is 19.1 Å². The number of carbonyl (C=O) groups is 2. The number of fused-ring (bicyclic) bond motifs is 1. The van der Waals surface area contributed by atoms with Gasteiger partial charge in [-0.25, -0.2) is 9.96 Å². The average molecular weight is 520 g/mol. The van der Waals surface area contributed by atoms with Gasteiger partial charge in [-0.05, 0) is 37.3 Å². The van der Waals surface area contributed by atoms with E-state index < -0.39 is 34.8 Å². The maximum Gasteiger partial charge on any atom is 0.278 e. The Bertz CT molecular complexity index is 1400. The average Bonchev–Trinajstić information content (AvgIpc) is 3.44. The van der Waals surface area contributed by atoms with Gasteiger partial charge in [0.25, 0.3) is 11.6 Å². The Kier molecular flexibility index (Phi) is 6.60. The molecule has 38 heavy (non-hydrogen) atoms. The molecule has 3 aromatic carbocycles. The lowest BCUT2D eigenvalue weighted by Crippen LogP contribution is -2.37. The van der Waals surface area contributed by atoms with E-state index in [0.29, 0.717) is 18.0 Å². The number of carbonyl (C=O) groups excluding carboxylic acids is 2. The van der Waals surface area contributed by atoms with E-state index in [1.807, 2.05) is 0 Å². The Morgan fingerprint density at radius 2 is 1.58 bits per heavy atom. The summed E-state index contributed by atoms with van der Waals surface area (Å²) in [6.07, 6.45) is -1.21. The highest BCUT2D eigenvalue weighted by atomic mass is 16.7. The molecule has 2 saturated heterocycles. The molecule has 11 nitrogen and oxygen atoms in total. The third kappa shape index (κ3) is 3.97. The van der Waals surface area contributed by atoms with Crippen molar-refractivity contribution in [2.75, 3.05) is 30.8 Å². The van der Waals surface area contributed by atoms with Gasteiger partial charge in [0.1, 0.15) is 17.7 Å². The van der Waals surface area contributed by atoms with Crippen molar-refractivity contribution in [2.24, 2.45) is 5.92 Å². The minimum Gasteiger partial charge on any atom is -0.493 e. The summed E-state index contributed by atoms with van der Waals surface area (Å²) in [7, 11) is 2.78. The predicted octanol–water partition coefficient (Wildman–Crippen LogP) is 4.06. The first-order valence-corrected chi connectivity index (χ1v) is 11.9. The fourth-order valence-electron chi connectivity index (χ4n) is 4.97. The maximum atomic E-state index is 14.0. The van der Waals surface area contributed by atoms with Crippen molar-refractivity contribution < 1.29 is 33.6 Å². The van der Waals surface area contributed by atoms with Gasteiger partial charge < -0.3 is 14.2 Å². The molecule has 0 saturated carbocycles. The molecule has 3 atom stereocenters. The molecule has 11 heteroatoms. The van der Waals surface area contributed by atoms with E-state index in [1.54, 1.807) is 61.5 Å². The Balaban J connectivity index is 1.68. The molecule has 5 rings (SSSR count). The summed E-state index contributed by atoms with van der Waals surface area (Å²) in [6.45, 7) is 2.13. The molecule has 0 aliphatic carbocycles. The second-order valence-corrected chi connectivity index (χ2v) is 8.59. The zero-order valence-electron chi connectivity index (χ0n) is 20.9. The fraction of sp³-hybridized carbons (Fsp3) is 0.259. The number of para-hydroxylation sites is 3. The lowest BCUT2D eigenvalue weighted by Gasteiger charge is -2.29. The number of anilines is 2. The quantitative estimate of drug-likeness (QED) is 0.246. The molecule has 0 spiro atoms. The van der Waals surface area contributed by atoms with Gasteiger partial charge in [-0.2, -0.15) is 0 Å². The number of nitro groups is 1. The van der Waals surface area contributed by atoms with Crippen LogP contribution >= 0.6 is 0 Å². The largest absolute Gasteiger partial charge is 0.493 e. The Hall–Kier alpha value is -4.64. The molecule has 2 aliphatic rings. The van der Waals surface area contributed by atoms with E-state index in [4.69, 9.17) is 19.0 Å². The highest BCUT2D eigenvalue weighted by Gasteiger charge is 2.61. The molecule has 3 aromatic rings. The van der Waals surface area contributed by atoms with Crippen molar-refractivity contribution in [1.29, 1.82) is 0 Å². The number of benzene rings is 3. The smallest absolute Gasteiger partial charge is 0.278 e. The van der Waals surface area contributed by atoms with Crippen molar-refractivity contribution in [3.8, 4) is 17.2 Å². The second kappa shape index (κ2) is 10.0. The SMILES string of the molecule is CCOc1ccccc1N1C(=O)[C@H]2[C@H](ON(c3ccccc3)[C@H]2c2cc(OC)c(OC)cc2[N+](=O)[O-])C1=O. The first kappa shape index (κ1) is 25.0. The third-order valence-electron chi connectivity index (χ3n) is 6.58. The molecule has 0 bridgehead atoms.